The summed E-state index contributed by atoms with van der Waals surface area (Å²) in [5.74, 6) is 1.77. The fourth-order valence-electron chi connectivity index (χ4n) is 7.93. The van der Waals surface area contributed by atoms with Crippen LogP contribution in [0.3, 0.4) is 0 Å². The SMILES string of the molecule is c1ccc(-c2ccc(-c3nc(-c4ccccc4)nc(-c4cccc5c4oc4cccc(-c6ccc(-c7ccccc7)c7sc8ccccc8c67)c45)n3)cc2)cc1. The Kier molecular flexibility index (Phi) is 7.64. The third-order valence-electron chi connectivity index (χ3n) is 10.6. The Bertz CT molecular complexity index is 3230. The fraction of sp³-hybridized carbons (Fsp3) is 0. The second-order valence-corrected chi connectivity index (χ2v) is 15.0. The summed E-state index contributed by atoms with van der Waals surface area (Å²) in [5.41, 5.74) is 11.3. The predicted molar refractivity (Wildman–Crippen MR) is 233 cm³/mol. The number of fused-ring (bicyclic) bond motifs is 6. The normalized spacial score (nSPS) is 11.6. The maximum atomic E-state index is 6.83. The van der Waals surface area contributed by atoms with E-state index in [9.17, 15) is 0 Å². The first-order chi connectivity index (χ1) is 27.8. The van der Waals surface area contributed by atoms with Crippen molar-refractivity contribution in [1.29, 1.82) is 0 Å². The molecular weight excluding hydrogens is 703 g/mol. The van der Waals surface area contributed by atoms with Gasteiger partial charge in [0.2, 0.25) is 0 Å². The minimum Gasteiger partial charge on any atom is -0.455 e. The first kappa shape index (κ1) is 32.2. The third-order valence-corrected chi connectivity index (χ3v) is 11.8. The molecule has 0 atom stereocenters. The van der Waals surface area contributed by atoms with Crippen LogP contribution in [0.25, 0.3) is 110 Å². The van der Waals surface area contributed by atoms with Gasteiger partial charge in [-0.25, -0.2) is 15.0 Å². The van der Waals surface area contributed by atoms with Gasteiger partial charge in [0.1, 0.15) is 11.2 Å². The minimum atomic E-state index is 0.561. The van der Waals surface area contributed by atoms with Gasteiger partial charge in [0.15, 0.2) is 17.5 Å². The molecule has 0 N–H and O–H groups in total. The number of hydrogen-bond donors (Lipinski definition) is 0. The number of aromatic nitrogens is 3. The lowest BCUT2D eigenvalue weighted by molar-refractivity contribution is 0.669. The van der Waals surface area contributed by atoms with Gasteiger partial charge in [-0.1, -0.05) is 170 Å². The number of rotatable bonds is 6. The van der Waals surface area contributed by atoms with Crippen LogP contribution >= 0.6 is 11.3 Å². The number of furan rings is 1. The predicted octanol–water partition coefficient (Wildman–Crippen LogP) is 14.1. The molecule has 0 amide bonds. The minimum absolute atomic E-state index is 0.561. The Balaban J connectivity index is 1.11. The molecule has 262 valence electrons. The molecular formula is C51H31N3OS. The molecule has 0 spiro atoms. The van der Waals surface area contributed by atoms with E-state index in [0.717, 1.165) is 55.3 Å². The fourth-order valence-corrected chi connectivity index (χ4v) is 9.19. The first-order valence-corrected chi connectivity index (χ1v) is 19.5. The smallest absolute Gasteiger partial charge is 0.167 e. The Labute approximate surface area is 327 Å². The highest BCUT2D eigenvalue weighted by atomic mass is 32.1. The van der Waals surface area contributed by atoms with Crippen LogP contribution in [0.5, 0.6) is 0 Å². The van der Waals surface area contributed by atoms with Crippen molar-refractivity contribution in [2.45, 2.75) is 0 Å². The van der Waals surface area contributed by atoms with Crippen molar-refractivity contribution in [3.63, 3.8) is 0 Å². The van der Waals surface area contributed by atoms with Gasteiger partial charge >= 0.3 is 0 Å². The van der Waals surface area contributed by atoms with Crippen molar-refractivity contribution in [2.24, 2.45) is 0 Å². The van der Waals surface area contributed by atoms with Gasteiger partial charge in [0, 0.05) is 42.1 Å². The molecule has 0 radical (unpaired) electrons. The highest BCUT2D eigenvalue weighted by molar-refractivity contribution is 7.26. The average molecular weight is 734 g/mol. The van der Waals surface area contributed by atoms with Gasteiger partial charge in [0.05, 0.1) is 5.56 Å². The van der Waals surface area contributed by atoms with E-state index >= 15 is 0 Å². The van der Waals surface area contributed by atoms with E-state index in [2.05, 4.69) is 152 Å². The summed E-state index contributed by atoms with van der Waals surface area (Å²) in [4.78, 5) is 15.2. The molecule has 4 nitrogen and oxygen atoms in total. The molecule has 0 fully saturated rings. The zero-order chi connectivity index (χ0) is 37.0. The second kappa shape index (κ2) is 13.3. The molecule has 0 unspecified atom stereocenters. The van der Waals surface area contributed by atoms with Crippen LogP contribution in [0.2, 0.25) is 0 Å². The van der Waals surface area contributed by atoms with Crippen LogP contribution in [0.15, 0.2) is 192 Å². The topological polar surface area (TPSA) is 51.8 Å². The molecule has 8 aromatic carbocycles. The summed E-state index contributed by atoms with van der Waals surface area (Å²) in [6.45, 7) is 0. The zero-order valence-electron chi connectivity index (χ0n) is 30.1. The van der Waals surface area contributed by atoms with Crippen molar-refractivity contribution in [3.05, 3.63) is 188 Å². The Morgan fingerprint density at radius 1 is 0.339 bits per heavy atom. The first-order valence-electron chi connectivity index (χ1n) is 18.7. The van der Waals surface area contributed by atoms with Crippen LogP contribution < -0.4 is 0 Å². The monoisotopic (exact) mass is 733 g/mol. The lowest BCUT2D eigenvalue weighted by Gasteiger charge is -2.11. The summed E-state index contributed by atoms with van der Waals surface area (Å²) >= 11 is 1.86. The quantitative estimate of drug-likeness (QED) is 0.171. The van der Waals surface area contributed by atoms with Gasteiger partial charge in [-0.15, -0.1) is 11.3 Å². The highest BCUT2D eigenvalue weighted by Gasteiger charge is 2.22. The number of hydrogen-bond acceptors (Lipinski definition) is 5. The molecule has 0 aliphatic carbocycles. The molecule has 56 heavy (non-hydrogen) atoms. The van der Waals surface area contributed by atoms with Crippen LogP contribution in [0, 0.1) is 0 Å². The molecule has 5 heteroatoms. The number of thiophene rings is 1. The van der Waals surface area contributed by atoms with Crippen LogP contribution in [-0.2, 0) is 0 Å². The molecule has 0 aliphatic rings. The van der Waals surface area contributed by atoms with Crippen LogP contribution in [0.4, 0.5) is 0 Å². The van der Waals surface area contributed by atoms with Crippen molar-refractivity contribution in [3.8, 4) is 67.5 Å². The Morgan fingerprint density at radius 3 is 1.61 bits per heavy atom. The highest BCUT2D eigenvalue weighted by Crippen LogP contribution is 2.48. The van der Waals surface area contributed by atoms with Gasteiger partial charge in [-0.3, -0.25) is 0 Å². The van der Waals surface area contributed by atoms with Crippen molar-refractivity contribution < 1.29 is 4.42 Å². The third kappa shape index (κ3) is 5.40. The van der Waals surface area contributed by atoms with E-state index in [-0.39, 0.29) is 0 Å². The molecule has 0 bridgehead atoms. The zero-order valence-corrected chi connectivity index (χ0v) is 30.9. The van der Waals surface area contributed by atoms with E-state index in [0.29, 0.717) is 17.5 Å². The Hall–Kier alpha value is -7.21. The maximum absolute atomic E-state index is 6.83. The average Bonchev–Trinajstić information content (AvgIpc) is 3.86. The van der Waals surface area contributed by atoms with Crippen molar-refractivity contribution in [1.82, 2.24) is 15.0 Å². The van der Waals surface area contributed by atoms with E-state index in [1.54, 1.807) is 0 Å². The number of para-hydroxylation sites is 1. The second-order valence-electron chi connectivity index (χ2n) is 13.9. The summed E-state index contributed by atoms with van der Waals surface area (Å²) in [7, 11) is 0. The number of nitrogens with zero attached hydrogens (tertiary/aromatic N) is 3. The lowest BCUT2D eigenvalue weighted by Crippen LogP contribution is -2.00. The summed E-state index contributed by atoms with van der Waals surface area (Å²) in [6, 6.07) is 65.5. The van der Waals surface area contributed by atoms with Crippen LogP contribution in [-0.4, -0.2) is 15.0 Å². The van der Waals surface area contributed by atoms with Gasteiger partial charge < -0.3 is 4.42 Å². The molecule has 0 saturated carbocycles. The van der Waals surface area contributed by atoms with Crippen LogP contribution in [0.1, 0.15) is 0 Å². The molecule has 3 heterocycles. The summed E-state index contributed by atoms with van der Waals surface area (Å²) in [5, 5.41) is 4.61. The number of benzene rings is 8. The maximum Gasteiger partial charge on any atom is 0.167 e. The lowest BCUT2D eigenvalue weighted by atomic mass is 9.92. The van der Waals surface area contributed by atoms with E-state index in [4.69, 9.17) is 19.4 Å². The van der Waals surface area contributed by atoms with Gasteiger partial charge in [0.25, 0.3) is 0 Å². The summed E-state index contributed by atoms with van der Waals surface area (Å²) < 4.78 is 9.38. The van der Waals surface area contributed by atoms with E-state index in [1.807, 2.05) is 47.7 Å². The molecule has 11 aromatic rings. The molecule has 0 aliphatic heterocycles. The standard InChI is InChI=1S/C51H31N3OS/c1-4-14-32(15-5-1)33-26-28-36(29-27-33)50-52-49(35-18-8-3-9-19-35)53-51(54-50)42-23-12-22-41-45-38(21-13-24-43(45)55-47(41)42)39-31-30-37(34-16-6-2-7-17-34)48-46(39)40-20-10-11-25-44(40)56-48/h1-31H. The van der Waals surface area contributed by atoms with E-state index in [1.165, 1.54) is 36.9 Å². The van der Waals surface area contributed by atoms with E-state index < -0.39 is 0 Å². The van der Waals surface area contributed by atoms with Crippen molar-refractivity contribution >= 4 is 53.4 Å². The largest absolute Gasteiger partial charge is 0.455 e. The summed E-state index contributed by atoms with van der Waals surface area (Å²) in [6.07, 6.45) is 0. The Morgan fingerprint density at radius 2 is 0.857 bits per heavy atom. The molecule has 11 rings (SSSR count). The van der Waals surface area contributed by atoms with Gasteiger partial charge in [-0.05, 0) is 51.6 Å². The molecule has 3 aromatic heterocycles. The van der Waals surface area contributed by atoms with Crippen molar-refractivity contribution in [2.75, 3.05) is 0 Å². The molecule has 0 saturated heterocycles. The van der Waals surface area contributed by atoms with Gasteiger partial charge in [-0.2, -0.15) is 0 Å².